The van der Waals surface area contributed by atoms with Crippen molar-refractivity contribution in [3.05, 3.63) is 24.9 Å². The molecule has 3 aliphatic rings. The van der Waals surface area contributed by atoms with Crippen molar-refractivity contribution in [1.29, 1.82) is 0 Å². The van der Waals surface area contributed by atoms with E-state index in [1.807, 2.05) is 24.3 Å². The number of hydrazone groups is 1. The number of hydrogen-bond donors (Lipinski definition) is 1. The fraction of sp³-hybridized carbons (Fsp3) is 0.792. The summed E-state index contributed by atoms with van der Waals surface area (Å²) in [5, 5.41) is 16.7. The van der Waals surface area contributed by atoms with Gasteiger partial charge in [-0.1, -0.05) is 32.6 Å². The Morgan fingerprint density at radius 1 is 1.19 bits per heavy atom. The molecule has 0 aromatic rings. The van der Waals surface area contributed by atoms with Crippen molar-refractivity contribution in [3.63, 3.8) is 0 Å². The molecule has 0 saturated heterocycles. The van der Waals surface area contributed by atoms with Crippen molar-refractivity contribution in [2.24, 2.45) is 33.7 Å². The maximum atomic E-state index is 10.4. The molecule has 0 aliphatic heterocycles. The van der Waals surface area contributed by atoms with Crippen LogP contribution >= 0.6 is 0 Å². The molecule has 3 saturated carbocycles. The van der Waals surface area contributed by atoms with Crippen LogP contribution in [0.2, 0.25) is 0 Å². The molecule has 6 atom stereocenters. The summed E-state index contributed by atoms with van der Waals surface area (Å²) in [6.45, 7) is 16.1. The molecule has 6 unspecified atom stereocenters. The molecule has 0 aromatic carbocycles. The molecule has 1 N–H and O–H groups in total. The van der Waals surface area contributed by atoms with Gasteiger partial charge in [0, 0.05) is 19.0 Å². The molecule has 0 aromatic heterocycles. The summed E-state index contributed by atoms with van der Waals surface area (Å²) in [5.41, 5.74) is 2.24. The third-order valence-electron chi connectivity index (χ3n) is 8.70. The highest BCUT2D eigenvalue weighted by Crippen LogP contribution is 2.61. The number of aliphatic hydroxyl groups is 1. The van der Waals surface area contributed by atoms with Crippen molar-refractivity contribution in [1.82, 2.24) is 5.01 Å². The standard InChI is InChI=1S/C24H40N2O/c1-6-25-26(7-2)15-12-21-17-22(27)11-14-24(21,5)20-10-13-23(4)18(3)8-9-19(23)16-20/h6-7,19-22,27H,2-3,8-17H2,1,4-5H3/b25-6-. The summed E-state index contributed by atoms with van der Waals surface area (Å²) in [4.78, 5) is 0. The van der Waals surface area contributed by atoms with Crippen LogP contribution in [0.4, 0.5) is 0 Å². The van der Waals surface area contributed by atoms with E-state index in [2.05, 4.69) is 32.1 Å². The Hall–Kier alpha value is -1.09. The van der Waals surface area contributed by atoms with Crippen LogP contribution in [-0.2, 0) is 0 Å². The largest absolute Gasteiger partial charge is 0.393 e. The van der Waals surface area contributed by atoms with Crippen molar-refractivity contribution < 1.29 is 5.11 Å². The molecule has 0 bridgehead atoms. The van der Waals surface area contributed by atoms with Gasteiger partial charge in [0.05, 0.1) is 6.10 Å². The van der Waals surface area contributed by atoms with Crippen molar-refractivity contribution >= 4 is 6.21 Å². The number of nitrogens with zero attached hydrogens (tertiary/aromatic N) is 2. The summed E-state index contributed by atoms with van der Waals surface area (Å²) in [6, 6.07) is 0. The van der Waals surface area contributed by atoms with Gasteiger partial charge in [0.1, 0.15) is 0 Å². The quantitative estimate of drug-likeness (QED) is 0.365. The lowest BCUT2D eigenvalue weighted by molar-refractivity contribution is -0.0531. The Morgan fingerprint density at radius 2 is 1.96 bits per heavy atom. The van der Waals surface area contributed by atoms with E-state index in [0.717, 1.165) is 37.6 Å². The molecule has 3 rings (SSSR count). The van der Waals surface area contributed by atoms with Crippen LogP contribution in [0.5, 0.6) is 0 Å². The molecule has 0 spiro atoms. The van der Waals surface area contributed by atoms with Gasteiger partial charge in [0.25, 0.3) is 0 Å². The molecular weight excluding hydrogens is 332 g/mol. The summed E-state index contributed by atoms with van der Waals surface area (Å²) in [7, 11) is 0. The lowest BCUT2D eigenvalue weighted by atomic mass is 9.52. The third-order valence-corrected chi connectivity index (χ3v) is 8.70. The maximum absolute atomic E-state index is 10.4. The zero-order chi connectivity index (χ0) is 19.7. The first-order chi connectivity index (χ1) is 12.8. The number of fused-ring (bicyclic) bond motifs is 1. The Labute approximate surface area is 166 Å². The molecule has 152 valence electrons. The molecule has 27 heavy (non-hydrogen) atoms. The van der Waals surface area contributed by atoms with Gasteiger partial charge >= 0.3 is 0 Å². The smallest absolute Gasteiger partial charge is 0.0543 e. The van der Waals surface area contributed by atoms with Crippen molar-refractivity contribution in [3.8, 4) is 0 Å². The number of hydrogen-bond acceptors (Lipinski definition) is 3. The van der Waals surface area contributed by atoms with Crippen molar-refractivity contribution in [2.75, 3.05) is 6.54 Å². The average Bonchev–Trinajstić information content (AvgIpc) is 2.95. The first-order valence-electron chi connectivity index (χ1n) is 11.1. The Kier molecular flexibility index (Phi) is 6.20. The van der Waals surface area contributed by atoms with E-state index < -0.39 is 0 Å². The van der Waals surface area contributed by atoms with Crippen LogP contribution < -0.4 is 0 Å². The minimum Gasteiger partial charge on any atom is -0.393 e. The number of rotatable bonds is 6. The topological polar surface area (TPSA) is 35.8 Å². The molecule has 0 radical (unpaired) electrons. The molecule has 3 heteroatoms. The van der Waals surface area contributed by atoms with Crippen LogP contribution in [0.25, 0.3) is 0 Å². The normalized spacial score (nSPS) is 42.3. The molecule has 0 amide bonds. The maximum Gasteiger partial charge on any atom is 0.0543 e. The Morgan fingerprint density at radius 3 is 2.67 bits per heavy atom. The van der Waals surface area contributed by atoms with Gasteiger partial charge in [0.15, 0.2) is 0 Å². The fourth-order valence-electron chi connectivity index (χ4n) is 6.55. The van der Waals surface area contributed by atoms with E-state index >= 15 is 0 Å². The highest BCUT2D eigenvalue weighted by atomic mass is 16.3. The van der Waals surface area contributed by atoms with E-state index in [-0.39, 0.29) is 6.10 Å². The van der Waals surface area contributed by atoms with Gasteiger partial charge in [-0.25, -0.2) is 0 Å². The lowest BCUT2D eigenvalue weighted by Gasteiger charge is -2.53. The SMILES string of the molecule is C=CN(CCC1CC(O)CCC1(C)C1CCC2(C)C(=C)CCC2C1)/N=C\C. The Bertz CT molecular complexity index is 585. The van der Waals surface area contributed by atoms with Gasteiger partial charge in [-0.05, 0) is 93.3 Å². The minimum absolute atomic E-state index is 0.130. The molecular formula is C24H40N2O. The van der Waals surface area contributed by atoms with Gasteiger partial charge in [0.2, 0.25) is 0 Å². The van der Waals surface area contributed by atoms with E-state index in [0.29, 0.717) is 16.7 Å². The zero-order valence-corrected chi connectivity index (χ0v) is 17.8. The molecule has 0 heterocycles. The van der Waals surface area contributed by atoms with E-state index in [9.17, 15) is 5.11 Å². The number of allylic oxidation sites excluding steroid dienone is 1. The second-order valence-electron chi connectivity index (χ2n) is 9.87. The first kappa shape index (κ1) is 20.6. The second-order valence-corrected chi connectivity index (χ2v) is 9.87. The van der Waals surface area contributed by atoms with Gasteiger partial charge in [-0.3, -0.25) is 5.01 Å². The predicted molar refractivity (Wildman–Crippen MR) is 114 cm³/mol. The molecule has 3 aliphatic carbocycles. The van der Waals surface area contributed by atoms with E-state index in [4.69, 9.17) is 0 Å². The summed E-state index contributed by atoms with van der Waals surface area (Å²) >= 11 is 0. The summed E-state index contributed by atoms with van der Waals surface area (Å²) in [6.07, 6.45) is 14.2. The monoisotopic (exact) mass is 372 g/mol. The second kappa shape index (κ2) is 8.11. The van der Waals surface area contributed by atoms with E-state index in [1.54, 1.807) is 0 Å². The van der Waals surface area contributed by atoms with Crippen LogP contribution in [0.15, 0.2) is 30.0 Å². The zero-order valence-electron chi connectivity index (χ0n) is 17.8. The van der Waals surface area contributed by atoms with Crippen molar-refractivity contribution in [2.45, 2.75) is 84.7 Å². The molecule has 3 nitrogen and oxygen atoms in total. The average molecular weight is 373 g/mol. The highest BCUT2D eigenvalue weighted by Gasteiger charge is 2.52. The van der Waals surface area contributed by atoms with Crippen LogP contribution in [-0.4, -0.2) is 29.0 Å². The first-order valence-corrected chi connectivity index (χ1v) is 11.1. The number of aliphatic hydroxyl groups excluding tert-OH is 1. The fourth-order valence-corrected chi connectivity index (χ4v) is 6.55. The van der Waals surface area contributed by atoms with Crippen LogP contribution in [0, 0.1) is 28.6 Å². The molecule has 3 fully saturated rings. The van der Waals surface area contributed by atoms with Crippen LogP contribution in [0.1, 0.15) is 78.6 Å². The van der Waals surface area contributed by atoms with Gasteiger partial charge < -0.3 is 5.11 Å². The van der Waals surface area contributed by atoms with Gasteiger partial charge in [-0.15, -0.1) is 0 Å². The summed E-state index contributed by atoms with van der Waals surface area (Å²) < 4.78 is 0. The predicted octanol–water partition coefficient (Wildman–Crippen LogP) is 5.77. The van der Waals surface area contributed by atoms with Gasteiger partial charge in [-0.2, -0.15) is 5.10 Å². The minimum atomic E-state index is -0.130. The van der Waals surface area contributed by atoms with E-state index in [1.165, 1.54) is 44.1 Å². The summed E-state index contributed by atoms with van der Waals surface area (Å²) in [5.74, 6) is 2.17. The lowest BCUT2D eigenvalue weighted by Crippen LogP contribution is -2.46. The Balaban J connectivity index is 1.72. The highest BCUT2D eigenvalue weighted by molar-refractivity contribution is 5.52. The third kappa shape index (κ3) is 3.90. The van der Waals surface area contributed by atoms with Crippen LogP contribution in [0.3, 0.4) is 0 Å².